The van der Waals surface area contributed by atoms with Crippen LogP contribution >= 0.6 is 0 Å². The molecule has 0 amide bonds. The Kier molecular flexibility index (Phi) is 3.66. The van der Waals surface area contributed by atoms with Crippen LogP contribution in [0, 0.1) is 5.92 Å². The van der Waals surface area contributed by atoms with Crippen molar-refractivity contribution in [3.63, 3.8) is 0 Å². The molecule has 104 valence electrons. The molecule has 0 aromatic carbocycles. The summed E-state index contributed by atoms with van der Waals surface area (Å²) in [4.78, 5) is 13.5. The third kappa shape index (κ3) is 2.67. The van der Waals surface area contributed by atoms with Gasteiger partial charge in [-0.2, -0.15) is 0 Å². The molecule has 2 fully saturated rings. The molecule has 2 rings (SSSR count). The highest BCUT2D eigenvalue weighted by Gasteiger charge is 2.51. The predicted octanol–water partition coefficient (Wildman–Crippen LogP) is -0.830. The summed E-state index contributed by atoms with van der Waals surface area (Å²) in [6, 6.07) is 0. The van der Waals surface area contributed by atoms with Gasteiger partial charge in [-0.25, -0.2) is 8.42 Å². The Balaban J connectivity index is 2.04. The summed E-state index contributed by atoms with van der Waals surface area (Å²) >= 11 is 0. The number of carbonyl (C=O) groups is 1. The van der Waals surface area contributed by atoms with Crippen molar-refractivity contribution >= 4 is 15.8 Å². The van der Waals surface area contributed by atoms with Crippen LogP contribution in [-0.4, -0.2) is 68.1 Å². The summed E-state index contributed by atoms with van der Waals surface area (Å²) in [5.74, 6) is -0.395. The lowest BCUT2D eigenvalue weighted by Gasteiger charge is -2.36. The zero-order valence-corrected chi connectivity index (χ0v) is 11.4. The maximum atomic E-state index is 11.5. The van der Waals surface area contributed by atoms with Gasteiger partial charge in [0.25, 0.3) is 0 Å². The van der Waals surface area contributed by atoms with Crippen LogP contribution in [0.2, 0.25) is 0 Å². The molecule has 1 aliphatic carbocycles. The van der Waals surface area contributed by atoms with E-state index in [9.17, 15) is 18.3 Å². The van der Waals surface area contributed by atoms with Crippen molar-refractivity contribution in [3.8, 4) is 0 Å². The Morgan fingerprint density at radius 2 is 1.94 bits per heavy atom. The second-order valence-electron chi connectivity index (χ2n) is 5.23. The standard InChI is InChI=1S/C11H20N2O4S/c1-12-11(10(14)15,9-2-3-9)8-13-4-6-18(16,17)7-5-13/h9,12H,2-8H2,1H3,(H,14,15). The zero-order chi connectivity index (χ0) is 13.4. The lowest BCUT2D eigenvalue weighted by atomic mass is 9.92. The highest BCUT2D eigenvalue weighted by molar-refractivity contribution is 7.91. The SMILES string of the molecule is CNC(CN1CCS(=O)(=O)CC1)(C(=O)O)C1CC1. The maximum Gasteiger partial charge on any atom is 0.325 e. The van der Waals surface area contributed by atoms with Gasteiger partial charge in [-0.05, 0) is 25.8 Å². The Labute approximate surface area is 107 Å². The summed E-state index contributed by atoms with van der Waals surface area (Å²) < 4.78 is 22.7. The summed E-state index contributed by atoms with van der Waals surface area (Å²) in [7, 11) is -1.24. The average molecular weight is 276 g/mol. The van der Waals surface area contributed by atoms with Gasteiger partial charge in [0.15, 0.2) is 9.84 Å². The lowest BCUT2D eigenvalue weighted by Crippen LogP contribution is -2.61. The normalized spacial score (nSPS) is 27.6. The second kappa shape index (κ2) is 4.79. The Bertz CT molecular complexity index is 418. The number of sulfone groups is 1. The molecule has 0 bridgehead atoms. The van der Waals surface area contributed by atoms with E-state index in [1.165, 1.54) is 0 Å². The van der Waals surface area contributed by atoms with E-state index in [1.54, 1.807) is 7.05 Å². The van der Waals surface area contributed by atoms with Gasteiger partial charge < -0.3 is 10.4 Å². The first-order chi connectivity index (χ1) is 8.39. The lowest BCUT2D eigenvalue weighted by molar-refractivity contribution is -0.146. The monoisotopic (exact) mass is 276 g/mol. The molecule has 1 aliphatic heterocycles. The topological polar surface area (TPSA) is 86.7 Å². The van der Waals surface area contributed by atoms with E-state index in [1.807, 2.05) is 4.90 Å². The second-order valence-corrected chi connectivity index (χ2v) is 7.53. The first kappa shape index (κ1) is 13.8. The van der Waals surface area contributed by atoms with Crippen LogP contribution in [0.25, 0.3) is 0 Å². The average Bonchev–Trinajstić information content (AvgIpc) is 3.12. The van der Waals surface area contributed by atoms with Gasteiger partial charge in [0, 0.05) is 19.6 Å². The predicted molar refractivity (Wildman–Crippen MR) is 67.2 cm³/mol. The van der Waals surface area contributed by atoms with Crippen molar-refractivity contribution < 1.29 is 18.3 Å². The first-order valence-electron chi connectivity index (χ1n) is 6.25. The van der Waals surface area contributed by atoms with Crippen LogP contribution in [0.1, 0.15) is 12.8 Å². The van der Waals surface area contributed by atoms with Gasteiger partial charge in [0.1, 0.15) is 5.54 Å². The van der Waals surface area contributed by atoms with E-state index in [0.717, 1.165) is 12.8 Å². The van der Waals surface area contributed by atoms with Crippen LogP contribution in [0.5, 0.6) is 0 Å². The van der Waals surface area contributed by atoms with Crippen LogP contribution in [0.4, 0.5) is 0 Å². The molecule has 1 atom stereocenters. The van der Waals surface area contributed by atoms with E-state index in [4.69, 9.17) is 0 Å². The van der Waals surface area contributed by atoms with E-state index in [0.29, 0.717) is 19.6 Å². The Hall–Kier alpha value is -0.660. The van der Waals surface area contributed by atoms with E-state index in [-0.39, 0.29) is 17.4 Å². The molecule has 1 heterocycles. The fraction of sp³-hybridized carbons (Fsp3) is 0.909. The number of carboxylic acid groups (broad SMARTS) is 1. The quantitative estimate of drug-likeness (QED) is 0.681. The summed E-state index contributed by atoms with van der Waals surface area (Å²) in [6.07, 6.45) is 1.86. The van der Waals surface area contributed by atoms with E-state index >= 15 is 0 Å². The minimum absolute atomic E-state index is 0.136. The van der Waals surface area contributed by atoms with Crippen molar-refractivity contribution in [1.29, 1.82) is 0 Å². The first-order valence-corrected chi connectivity index (χ1v) is 8.07. The summed E-state index contributed by atoms with van der Waals surface area (Å²) in [5, 5.41) is 12.4. The molecule has 1 unspecified atom stereocenters. The van der Waals surface area contributed by atoms with Crippen molar-refractivity contribution in [3.05, 3.63) is 0 Å². The highest BCUT2D eigenvalue weighted by atomic mass is 32.2. The van der Waals surface area contributed by atoms with Crippen molar-refractivity contribution in [2.45, 2.75) is 18.4 Å². The molecule has 2 aliphatic rings. The van der Waals surface area contributed by atoms with Gasteiger partial charge in [-0.1, -0.05) is 0 Å². The molecule has 0 aromatic heterocycles. The van der Waals surface area contributed by atoms with E-state index in [2.05, 4.69) is 5.32 Å². The van der Waals surface area contributed by atoms with Gasteiger partial charge in [-0.3, -0.25) is 9.69 Å². The van der Waals surface area contributed by atoms with Gasteiger partial charge >= 0.3 is 5.97 Å². The fourth-order valence-corrected chi connectivity index (χ4v) is 3.88. The largest absolute Gasteiger partial charge is 0.480 e. The minimum Gasteiger partial charge on any atom is -0.480 e. The number of likely N-dealkylation sites (N-methyl/N-ethyl adjacent to an activating group) is 1. The number of nitrogens with one attached hydrogen (secondary N) is 1. The minimum atomic E-state index is -2.91. The molecule has 0 aromatic rings. The van der Waals surface area contributed by atoms with Crippen LogP contribution in [-0.2, 0) is 14.6 Å². The Morgan fingerprint density at radius 3 is 2.33 bits per heavy atom. The zero-order valence-electron chi connectivity index (χ0n) is 10.6. The van der Waals surface area contributed by atoms with Crippen molar-refractivity contribution in [1.82, 2.24) is 10.2 Å². The van der Waals surface area contributed by atoms with Crippen LogP contribution in [0.15, 0.2) is 0 Å². The molecule has 0 spiro atoms. The van der Waals surface area contributed by atoms with Crippen LogP contribution in [0.3, 0.4) is 0 Å². The van der Waals surface area contributed by atoms with Gasteiger partial charge in [0.2, 0.25) is 0 Å². The molecule has 0 radical (unpaired) electrons. The number of hydrogen-bond donors (Lipinski definition) is 2. The summed E-state index contributed by atoms with van der Waals surface area (Å²) in [6.45, 7) is 1.26. The van der Waals surface area contributed by atoms with Gasteiger partial charge in [-0.15, -0.1) is 0 Å². The molecular formula is C11H20N2O4S. The molecule has 2 N–H and O–H groups in total. The molecule has 1 saturated heterocycles. The third-order valence-electron chi connectivity index (χ3n) is 4.01. The maximum absolute atomic E-state index is 11.5. The smallest absolute Gasteiger partial charge is 0.325 e. The third-order valence-corrected chi connectivity index (χ3v) is 5.62. The molecular weight excluding hydrogens is 256 g/mol. The molecule has 6 nitrogen and oxygen atoms in total. The van der Waals surface area contributed by atoms with E-state index < -0.39 is 21.3 Å². The number of carboxylic acids is 1. The molecule has 7 heteroatoms. The van der Waals surface area contributed by atoms with Crippen molar-refractivity contribution in [2.75, 3.05) is 38.2 Å². The van der Waals surface area contributed by atoms with Crippen LogP contribution < -0.4 is 5.32 Å². The molecule has 18 heavy (non-hydrogen) atoms. The number of rotatable bonds is 5. The number of hydrogen-bond acceptors (Lipinski definition) is 5. The van der Waals surface area contributed by atoms with Crippen molar-refractivity contribution in [2.24, 2.45) is 5.92 Å². The molecule has 1 saturated carbocycles. The number of nitrogens with zero attached hydrogens (tertiary/aromatic N) is 1. The Morgan fingerprint density at radius 1 is 1.39 bits per heavy atom. The number of aliphatic carboxylic acids is 1. The fourth-order valence-electron chi connectivity index (χ4n) is 2.60. The highest BCUT2D eigenvalue weighted by Crippen LogP contribution is 2.40. The summed E-state index contributed by atoms with van der Waals surface area (Å²) in [5.41, 5.74) is -0.916. The van der Waals surface area contributed by atoms with Gasteiger partial charge in [0.05, 0.1) is 11.5 Å².